The monoisotopic (exact) mass is 437 g/mol. The SMILES string of the molecule is COC1CCC(C2(c3cc(NC(=O)c4ccc(F)cn4)ccc3C)N=C(C)C(N)=N2)CC1. The zero-order chi connectivity index (χ0) is 22.9. The van der Waals surface area contributed by atoms with Crippen molar-refractivity contribution in [2.24, 2.45) is 21.6 Å². The molecule has 0 bridgehead atoms. The van der Waals surface area contributed by atoms with E-state index in [1.165, 1.54) is 12.1 Å². The third-order valence-electron chi connectivity index (χ3n) is 6.43. The Kier molecular flexibility index (Phi) is 6.06. The molecule has 2 heterocycles. The highest BCUT2D eigenvalue weighted by Crippen LogP contribution is 2.47. The molecule has 0 saturated heterocycles. The second kappa shape index (κ2) is 8.78. The summed E-state index contributed by atoms with van der Waals surface area (Å²) in [5.74, 6) is -0.283. The number of hydrogen-bond acceptors (Lipinski definition) is 6. The van der Waals surface area contributed by atoms with Crippen molar-refractivity contribution in [3.8, 4) is 0 Å². The molecule has 3 N–H and O–H groups in total. The maximum Gasteiger partial charge on any atom is 0.274 e. The number of carbonyl (C=O) groups excluding carboxylic acids is 1. The highest BCUT2D eigenvalue weighted by Gasteiger charge is 2.46. The smallest absolute Gasteiger partial charge is 0.274 e. The average molecular weight is 438 g/mol. The van der Waals surface area contributed by atoms with Gasteiger partial charge in [-0.25, -0.2) is 14.4 Å². The van der Waals surface area contributed by atoms with Crippen LogP contribution in [0.4, 0.5) is 10.1 Å². The van der Waals surface area contributed by atoms with Crippen molar-refractivity contribution in [2.45, 2.75) is 51.3 Å². The van der Waals surface area contributed by atoms with Crippen LogP contribution in [0.3, 0.4) is 0 Å². The van der Waals surface area contributed by atoms with E-state index in [2.05, 4.69) is 10.3 Å². The van der Waals surface area contributed by atoms with Gasteiger partial charge in [0.1, 0.15) is 17.3 Å². The van der Waals surface area contributed by atoms with Gasteiger partial charge in [0.05, 0.1) is 18.0 Å². The van der Waals surface area contributed by atoms with Gasteiger partial charge in [-0.05, 0) is 69.4 Å². The molecule has 4 rings (SSSR count). The summed E-state index contributed by atoms with van der Waals surface area (Å²) in [6.07, 6.45) is 5.00. The van der Waals surface area contributed by atoms with Crippen LogP contribution in [0.1, 0.15) is 54.2 Å². The number of hydrogen-bond donors (Lipinski definition) is 2. The molecule has 168 valence electrons. The molecule has 1 aromatic carbocycles. The predicted molar refractivity (Wildman–Crippen MR) is 122 cm³/mol. The molecular weight excluding hydrogens is 409 g/mol. The number of anilines is 1. The highest BCUT2D eigenvalue weighted by molar-refractivity contribution is 6.41. The summed E-state index contributed by atoms with van der Waals surface area (Å²) in [5, 5.41) is 2.86. The fourth-order valence-corrected chi connectivity index (χ4v) is 4.63. The molecular formula is C24H28FN5O2. The summed E-state index contributed by atoms with van der Waals surface area (Å²) < 4.78 is 18.7. The molecule has 1 unspecified atom stereocenters. The van der Waals surface area contributed by atoms with Crippen LogP contribution in [-0.4, -0.2) is 35.7 Å². The first-order chi connectivity index (χ1) is 15.3. The lowest BCUT2D eigenvalue weighted by Gasteiger charge is -2.38. The van der Waals surface area contributed by atoms with Gasteiger partial charge in [-0.2, -0.15) is 0 Å². The van der Waals surface area contributed by atoms with E-state index in [0.717, 1.165) is 48.7 Å². The number of benzene rings is 1. The summed E-state index contributed by atoms with van der Waals surface area (Å²) in [6, 6.07) is 8.25. The number of carbonyl (C=O) groups is 1. The van der Waals surface area contributed by atoms with Gasteiger partial charge < -0.3 is 15.8 Å². The van der Waals surface area contributed by atoms with Gasteiger partial charge in [-0.15, -0.1) is 0 Å². The van der Waals surface area contributed by atoms with Gasteiger partial charge in [-0.1, -0.05) is 6.07 Å². The first kappa shape index (κ1) is 22.1. The molecule has 32 heavy (non-hydrogen) atoms. The summed E-state index contributed by atoms with van der Waals surface area (Å²) in [5.41, 5.74) is 8.78. The van der Waals surface area contributed by atoms with Crippen LogP contribution in [0, 0.1) is 18.7 Å². The Balaban J connectivity index is 1.68. The Labute approximate surface area is 187 Å². The highest BCUT2D eigenvalue weighted by atomic mass is 19.1. The van der Waals surface area contributed by atoms with Gasteiger partial charge >= 0.3 is 0 Å². The zero-order valence-electron chi connectivity index (χ0n) is 18.6. The number of methoxy groups -OCH3 is 1. The second-order valence-corrected chi connectivity index (χ2v) is 8.48. The van der Waals surface area contributed by atoms with Crippen LogP contribution in [0.5, 0.6) is 0 Å². The third kappa shape index (κ3) is 4.14. The number of amidine groups is 1. The molecule has 7 nitrogen and oxygen atoms in total. The Morgan fingerprint density at radius 2 is 1.91 bits per heavy atom. The second-order valence-electron chi connectivity index (χ2n) is 8.48. The average Bonchev–Trinajstić information content (AvgIpc) is 3.10. The minimum atomic E-state index is -0.814. The molecule has 1 fully saturated rings. The molecule has 1 saturated carbocycles. The Morgan fingerprint density at radius 1 is 1.16 bits per heavy atom. The molecule has 1 amide bonds. The van der Waals surface area contributed by atoms with Gasteiger partial charge in [0.25, 0.3) is 5.91 Å². The first-order valence-corrected chi connectivity index (χ1v) is 10.8. The van der Waals surface area contributed by atoms with Gasteiger partial charge in [0, 0.05) is 24.3 Å². The number of aromatic nitrogens is 1. The number of nitrogens with zero attached hydrogens (tertiary/aromatic N) is 3. The van der Waals surface area contributed by atoms with Crippen molar-refractivity contribution in [1.29, 1.82) is 0 Å². The van der Waals surface area contributed by atoms with Crippen molar-refractivity contribution in [3.63, 3.8) is 0 Å². The number of halogens is 1. The fraction of sp³-hybridized carbons (Fsp3) is 0.417. The number of nitrogens with two attached hydrogens (primary N) is 1. The van der Waals surface area contributed by atoms with E-state index < -0.39 is 17.4 Å². The summed E-state index contributed by atoms with van der Waals surface area (Å²) in [7, 11) is 1.75. The molecule has 1 aromatic heterocycles. The van der Waals surface area contributed by atoms with Crippen molar-refractivity contribution in [3.05, 3.63) is 59.2 Å². The minimum Gasteiger partial charge on any atom is -0.382 e. The van der Waals surface area contributed by atoms with Gasteiger partial charge in [0.15, 0.2) is 5.66 Å². The van der Waals surface area contributed by atoms with Crippen molar-refractivity contribution in [1.82, 2.24) is 4.98 Å². The maximum atomic E-state index is 13.1. The number of nitrogens with one attached hydrogen (secondary N) is 1. The number of pyridine rings is 1. The molecule has 2 aliphatic rings. The minimum absolute atomic E-state index is 0.137. The van der Waals surface area contributed by atoms with Crippen LogP contribution in [0.25, 0.3) is 0 Å². The Morgan fingerprint density at radius 3 is 2.50 bits per heavy atom. The lowest BCUT2D eigenvalue weighted by atomic mass is 9.75. The number of aliphatic imine (C=N–C) groups is 2. The molecule has 0 radical (unpaired) electrons. The van der Waals surface area contributed by atoms with Crippen LogP contribution < -0.4 is 11.1 Å². The molecule has 8 heteroatoms. The molecule has 2 aromatic rings. The summed E-state index contributed by atoms with van der Waals surface area (Å²) in [4.78, 5) is 26.3. The Hall–Kier alpha value is -3.13. The normalized spacial score (nSPS) is 25.2. The summed E-state index contributed by atoms with van der Waals surface area (Å²) in [6.45, 7) is 3.89. The van der Waals surface area contributed by atoms with Crippen molar-refractivity contribution >= 4 is 23.1 Å². The van der Waals surface area contributed by atoms with Crippen LogP contribution in [0.2, 0.25) is 0 Å². The van der Waals surface area contributed by atoms with E-state index >= 15 is 0 Å². The number of rotatable bonds is 5. The molecule has 1 atom stereocenters. The van der Waals surface area contributed by atoms with E-state index in [1.54, 1.807) is 7.11 Å². The van der Waals surface area contributed by atoms with Gasteiger partial charge in [-0.3, -0.25) is 9.79 Å². The molecule has 1 aliphatic heterocycles. The Bertz CT molecular complexity index is 1050. The van der Waals surface area contributed by atoms with Crippen LogP contribution in [-0.2, 0) is 10.4 Å². The number of amides is 1. The lowest BCUT2D eigenvalue weighted by molar-refractivity contribution is 0.0426. The third-order valence-corrected chi connectivity index (χ3v) is 6.43. The standard InChI is InChI=1S/C24H28FN5O2/c1-14-4-8-18(28-23(31)21-11-7-17(25)13-27-21)12-20(14)24(29-15(2)22(26)30-24)16-5-9-19(32-3)10-6-16/h4,7-8,11-13,16,19H,5-6,9-10H2,1-3H3,(H2,26,30)(H,28,31). The van der Waals surface area contributed by atoms with Crippen molar-refractivity contribution < 1.29 is 13.9 Å². The quantitative estimate of drug-likeness (QED) is 0.739. The zero-order valence-corrected chi connectivity index (χ0v) is 18.6. The van der Waals surface area contributed by atoms with E-state index in [-0.39, 0.29) is 17.7 Å². The van der Waals surface area contributed by atoms with Gasteiger partial charge in [0.2, 0.25) is 0 Å². The topological polar surface area (TPSA) is 102 Å². The van der Waals surface area contributed by atoms with E-state index in [9.17, 15) is 9.18 Å². The number of aryl methyl sites for hydroxylation is 1. The van der Waals surface area contributed by atoms with Crippen LogP contribution in [0.15, 0.2) is 46.5 Å². The largest absolute Gasteiger partial charge is 0.382 e. The van der Waals surface area contributed by atoms with E-state index in [1.807, 2.05) is 32.0 Å². The first-order valence-electron chi connectivity index (χ1n) is 10.8. The summed E-state index contributed by atoms with van der Waals surface area (Å²) >= 11 is 0. The van der Waals surface area contributed by atoms with Crippen LogP contribution >= 0.6 is 0 Å². The molecule has 1 aliphatic carbocycles. The van der Waals surface area contributed by atoms with E-state index in [0.29, 0.717) is 11.5 Å². The van der Waals surface area contributed by atoms with E-state index in [4.69, 9.17) is 20.5 Å². The lowest BCUT2D eigenvalue weighted by Crippen LogP contribution is -2.36. The molecule has 0 spiro atoms. The fourth-order valence-electron chi connectivity index (χ4n) is 4.63. The van der Waals surface area contributed by atoms with Crippen molar-refractivity contribution in [2.75, 3.05) is 12.4 Å². The maximum absolute atomic E-state index is 13.1. The predicted octanol–water partition coefficient (Wildman–Crippen LogP) is 3.97. The number of ether oxygens (including phenoxy) is 1.